The lowest BCUT2D eigenvalue weighted by Gasteiger charge is -2.33. The third-order valence-electron chi connectivity index (χ3n) is 5.18. The van der Waals surface area contributed by atoms with Crippen LogP contribution in [-0.2, 0) is 17.9 Å². The molecule has 1 aliphatic rings. The summed E-state index contributed by atoms with van der Waals surface area (Å²) in [5.74, 6) is -1.48. The first-order chi connectivity index (χ1) is 12.4. The minimum atomic E-state index is -0.898. The van der Waals surface area contributed by atoms with Crippen LogP contribution in [0.2, 0.25) is 0 Å². The predicted octanol–water partition coefficient (Wildman–Crippen LogP) is 2.92. The Bertz CT molecular complexity index is 620. The van der Waals surface area contributed by atoms with Gasteiger partial charge in [-0.05, 0) is 37.4 Å². The van der Waals surface area contributed by atoms with Crippen molar-refractivity contribution in [1.82, 2.24) is 15.1 Å². The Kier molecular flexibility index (Phi) is 7.45. The quantitative estimate of drug-likeness (QED) is 0.783. The van der Waals surface area contributed by atoms with Crippen LogP contribution in [0.25, 0.3) is 0 Å². The Labute approximate surface area is 156 Å². The number of carboxylic acids is 1. The van der Waals surface area contributed by atoms with Gasteiger partial charge in [0.1, 0.15) is 0 Å². The van der Waals surface area contributed by atoms with E-state index in [1.54, 1.807) is 14.0 Å². The summed E-state index contributed by atoms with van der Waals surface area (Å²) in [6.45, 7) is 6.54. The van der Waals surface area contributed by atoms with E-state index >= 15 is 0 Å². The fraction of sp³-hybridized carbons (Fsp3) is 0.600. The van der Waals surface area contributed by atoms with Crippen LogP contribution in [0, 0.1) is 5.92 Å². The molecule has 1 saturated heterocycles. The Morgan fingerprint density at radius 1 is 1.31 bits per heavy atom. The number of likely N-dealkylation sites (tertiary alicyclic amines) is 1. The lowest BCUT2D eigenvalue weighted by molar-refractivity contribution is -0.141. The number of hydrogen-bond donors (Lipinski definition) is 2. The maximum absolute atomic E-state index is 12.2. The summed E-state index contributed by atoms with van der Waals surface area (Å²) in [5, 5.41) is 11.9. The lowest BCUT2D eigenvalue weighted by Crippen LogP contribution is -2.40. The summed E-state index contributed by atoms with van der Waals surface area (Å²) < 4.78 is 0. The Balaban J connectivity index is 1.93. The van der Waals surface area contributed by atoms with Gasteiger partial charge in [-0.3, -0.25) is 9.69 Å². The van der Waals surface area contributed by atoms with Crippen LogP contribution >= 0.6 is 0 Å². The van der Waals surface area contributed by atoms with Crippen molar-refractivity contribution in [3.63, 3.8) is 0 Å². The van der Waals surface area contributed by atoms with Gasteiger partial charge >= 0.3 is 12.0 Å². The molecule has 1 aliphatic heterocycles. The number of carbonyl (C=O) groups excluding carboxylic acids is 1. The van der Waals surface area contributed by atoms with E-state index in [0.717, 1.165) is 18.7 Å². The van der Waals surface area contributed by atoms with Crippen molar-refractivity contribution in [2.24, 2.45) is 5.92 Å². The number of piperidine rings is 1. The molecular formula is C20H31N3O3. The van der Waals surface area contributed by atoms with E-state index in [9.17, 15) is 9.59 Å². The van der Waals surface area contributed by atoms with Crippen LogP contribution in [-0.4, -0.2) is 53.1 Å². The predicted molar refractivity (Wildman–Crippen MR) is 102 cm³/mol. The average Bonchev–Trinajstić information content (AvgIpc) is 2.62. The van der Waals surface area contributed by atoms with Crippen molar-refractivity contribution in [3.05, 3.63) is 35.4 Å². The summed E-state index contributed by atoms with van der Waals surface area (Å²) in [4.78, 5) is 27.1. The first-order valence-corrected chi connectivity index (χ1v) is 9.41. The van der Waals surface area contributed by atoms with Gasteiger partial charge in [0.15, 0.2) is 0 Å². The Hall–Kier alpha value is -2.08. The Morgan fingerprint density at radius 3 is 2.65 bits per heavy atom. The number of amides is 2. The average molecular weight is 361 g/mol. The number of benzene rings is 1. The number of carboxylic acid groups (broad SMARTS) is 1. The molecule has 1 fully saturated rings. The van der Waals surface area contributed by atoms with Crippen molar-refractivity contribution in [2.75, 3.05) is 20.1 Å². The second-order valence-electron chi connectivity index (χ2n) is 7.36. The highest BCUT2D eigenvalue weighted by Gasteiger charge is 2.20. The molecule has 1 heterocycles. The van der Waals surface area contributed by atoms with Gasteiger partial charge in [0.2, 0.25) is 0 Å². The third-order valence-corrected chi connectivity index (χ3v) is 5.18. The van der Waals surface area contributed by atoms with Crippen LogP contribution in [0.3, 0.4) is 0 Å². The van der Waals surface area contributed by atoms with E-state index in [1.165, 1.54) is 29.7 Å². The maximum Gasteiger partial charge on any atom is 0.317 e. The summed E-state index contributed by atoms with van der Waals surface area (Å²) in [6.07, 6.45) is 3.79. The number of nitrogens with zero attached hydrogens (tertiary/aromatic N) is 2. The molecule has 144 valence electrons. The molecular weight excluding hydrogens is 330 g/mol. The number of hydrogen-bond acceptors (Lipinski definition) is 3. The minimum absolute atomic E-state index is 0.189. The van der Waals surface area contributed by atoms with Crippen molar-refractivity contribution < 1.29 is 14.7 Å². The Morgan fingerprint density at radius 2 is 2.00 bits per heavy atom. The smallest absolute Gasteiger partial charge is 0.317 e. The number of urea groups is 1. The van der Waals surface area contributed by atoms with Crippen LogP contribution < -0.4 is 5.32 Å². The highest BCUT2D eigenvalue weighted by molar-refractivity contribution is 5.75. The van der Waals surface area contributed by atoms with E-state index in [1.807, 2.05) is 18.2 Å². The zero-order valence-corrected chi connectivity index (χ0v) is 16.1. The molecule has 0 bridgehead atoms. The van der Waals surface area contributed by atoms with Gasteiger partial charge in [-0.25, -0.2) is 4.79 Å². The van der Waals surface area contributed by atoms with Crippen molar-refractivity contribution in [3.8, 4) is 0 Å². The largest absolute Gasteiger partial charge is 0.481 e. The van der Waals surface area contributed by atoms with Crippen LogP contribution in [0.1, 0.15) is 44.2 Å². The van der Waals surface area contributed by atoms with Gasteiger partial charge in [-0.2, -0.15) is 0 Å². The molecule has 0 aromatic heterocycles. The fourth-order valence-corrected chi connectivity index (χ4v) is 3.37. The molecule has 2 amide bonds. The van der Waals surface area contributed by atoms with E-state index in [0.29, 0.717) is 12.6 Å². The highest BCUT2D eigenvalue weighted by atomic mass is 16.4. The van der Waals surface area contributed by atoms with Gasteiger partial charge in [0.25, 0.3) is 0 Å². The molecule has 2 rings (SSSR count). The van der Waals surface area contributed by atoms with Crippen molar-refractivity contribution in [2.45, 2.75) is 52.2 Å². The minimum Gasteiger partial charge on any atom is -0.481 e. The van der Waals surface area contributed by atoms with Gasteiger partial charge in [-0.15, -0.1) is 0 Å². The maximum atomic E-state index is 12.2. The molecule has 2 atom stereocenters. The number of aliphatic carboxylic acids is 1. The molecule has 1 aromatic carbocycles. The SMILES string of the molecule is CC(CN(C)C(=O)NCc1ccccc1CN1CCCCC1C)C(=O)O. The van der Waals surface area contributed by atoms with Crippen LogP contribution in [0.4, 0.5) is 4.79 Å². The van der Waals surface area contributed by atoms with Gasteiger partial charge in [0, 0.05) is 32.7 Å². The molecule has 2 unspecified atom stereocenters. The molecule has 2 N–H and O–H groups in total. The molecule has 6 nitrogen and oxygen atoms in total. The first kappa shape index (κ1) is 20.2. The third kappa shape index (κ3) is 5.73. The van der Waals surface area contributed by atoms with Gasteiger partial charge < -0.3 is 15.3 Å². The normalized spacial score (nSPS) is 19.0. The number of nitrogens with one attached hydrogen (secondary N) is 1. The first-order valence-electron chi connectivity index (χ1n) is 9.41. The van der Waals surface area contributed by atoms with E-state index in [4.69, 9.17) is 5.11 Å². The summed E-state index contributed by atoms with van der Waals surface area (Å²) in [5.41, 5.74) is 2.35. The molecule has 0 aliphatic carbocycles. The standard InChI is InChI=1S/C20H31N3O3/c1-15(19(24)25)13-22(3)20(26)21-12-17-9-4-5-10-18(17)14-23-11-7-6-8-16(23)2/h4-5,9-10,15-16H,6-8,11-14H2,1-3H3,(H,21,26)(H,24,25). The lowest BCUT2D eigenvalue weighted by atomic mass is 10.0. The number of rotatable bonds is 7. The zero-order chi connectivity index (χ0) is 19.1. The summed E-state index contributed by atoms with van der Waals surface area (Å²) >= 11 is 0. The molecule has 6 heteroatoms. The van der Waals surface area contributed by atoms with Crippen molar-refractivity contribution >= 4 is 12.0 Å². The zero-order valence-electron chi connectivity index (χ0n) is 16.1. The van der Waals surface area contributed by atoms with E-state index < -0.39 is 11.9 Å². The second-order valence-corrected chi connectivity index (χ2v) is 7.36. The molecule has 1 aromatic rings. The number of carbonyl (C=O) groups is 2. The topological polar surface area (TPSA) is 72.9 Å². The van der Waals surface area contributed by atoms with Crippen LogP contribution in [0.15, 0.2) is 24.3 Å². The fourth-order valence-electron chi connectivity index (χ4n) is 3.37. The van der Waals surface area contributed by atoms with E-state index in [2.05, 4.69) is 23.2 Å². The highest BCUT2D eigenvalue weighted by Crippen LogP contribution is 2.20. The molecule has 0 radical (unpaired) electrons. The monoisotopic (exact) mass is 361 g/mol. The van der Waals surface area contributed by atoms with Gasteiger partial charge in [0.05, 0.1) is 5.92 Å². The molecule has 0 saturated carbocycles. The summed E-state index contributed by atoms with van der Waals surface area (Å²) in [7, 11) is 1.62. The van der Waals surface area contributed by atoms with E-state index in [-0.39, 0.29) is 12.6 Å². The molecule has 0 spiro atoms. The summed E-state index contributed by atoms with van der Waals surface area (Å²) in [6, 6.07) is 8.54. The van der Waals surface area contributed by atoms with Gasteiger partial charge in [-0.1, -0.05) is 37.6 Å². The molecule has 26 heavy (non-hydrogen) atoms. The van der Waals surface area contributed by atoms with Crippen molar-refractivity contribution in [1.29, 1.82) is 0 Å². The van der Waals surface area contributed by atoms with Crippen LogP contribution in [0.5, 0.6) is 0 Å². The second kappa shape index (κ2) is 9.57.